The summed E-state index contributed by atoms with van der Waals surface area (Å²) in [7, 11) is 0. The van der Waals surface area contributed by atoms with Gasteiger partial charge in [0.15, 0.2) is 11.3 Å². The zero-order valence-corrected chi connectivity index (χ0v) is 14.6. The van der Waals surface area contributed by atoms with Crippen LogP contribution in [0.3, 0.4) is 0 Å². The van der Waals surface area contributed by atoms with E-state index in [0.29, 0.717) is 0 Å². The van der Waals surface area contributed by atoms with Crippen LogP contribution in [-0.2, 0) is 0 Å². The van der Waals surface area contributed by atoms with Crippen molar-refractivity contribution in [3.8, 4) is 11.4 Å². The molecule has 0 bridgehead atoms. The van der Waals surface area contributed by atoms with Gasteiger partial charge in [0.2, 0.25) is 0 Å². The first-order valence-corrected chi connectivity index (χ1v) is 8.57. The average Bonchev–Trinajstić information content (AvgIpc) is 3.22. The number of fused-ring (bicyclic) bond motifs is 2. The van der Waals surface area contributed by atoms with Gasteiger partial charge in [-0.15, -0.1) is 5.10 Å². The fourth-order valence-corrected chi connectivity index (χ4v) is 3.21. The Morgan fingerprint density at radius 3 is 2.35 bits per heavy atom. The van der Waals surface area contributed by atoms with E-state index in [1.54, 1.807) is 0 Å². The van der Waals surface area contributed by atoms with E-state index in [2.05, 4.69) is 47.5 Å². The van der Waals surface area contributed by atoms with Crippen LogP contribution >= 0.6 is 0 Å². The second-order valence-electron chi connectivity index (χ2n) is 6.51. The maximum Gasteiger partial charge on any atom is 0.183 e. The summed E-state index contributed by atoms with van der Waals surface area (Å²) in [5.74, 6) is 0. The molecule has 3 heterocycles. The van der Waals surface area contributed by atoms with Crippen LogP contribution in [0.15, 0.2) is 66.9 Å². The first kappa shape index (κ1) is 14.8. The highest BCUT2D eigenvalue weighted by Gasteiger charge is 2.14. The van der Waals surface area contributed by atoms with E-state index in [4.69, 9.17) is 4.98 Å². The van der Waals surface area contributed by atoms with E-state index in [9.17, 15) is 0 Å². The lowest BCUT2D eigenvalue weighted by atomic mass is 10.2. The molecular weight excluding hydrogens is 322 g/mol. The molecule has 0 N–H and O–H groups in total. The predicted octanol–water partition coefficient (Wildman–Crippen LogP) is 4.38. The molecule has 126 valence electrons. The summed E-state index contributed by atoms with van der Waals surface area (Å²) in [5.41, 5.74) is 5.76. The van der Waals surface area contributed by atoms with Crippen molar-refractivity contribution in [3.63, 3.8) is 0 Å². The van der Waals surface area contributed by atoms with Gasteiger partial charge >= 0.3 is 0 Å². The van der Waals surface area contributed by atoms with Crippen LogP contribution in [0, 0.1) is 13.8 Å². The lowest BCUT2D eigenvalue weighted by molar-refractivity contribution is 0.871. The van der Waals surface area contributed by atoms with E-state index >= 15 is 0 Å². The Bertz CT molecular complexity index is 1230. The average molecular weight is 339 g/mol. The molecule has 3 aromatic heterocycles. The number of hydrogen-bond donors (Lipinski definition) is 0. The van der Waals surface area contributed by atoms with Gasteiger partial charge in [0.1, 0.15) is 0 Å². The van der Waals surface area contributed by atoms with E-state index in [1.165, 1.54) is 5.56 Å². The number of nitrogens with zero attached hydrogens (tertiary/aromatic N) is 5. The molecule has 0 saturated heterocycles. The van der Waals surface area contributed by atoms with Crippen LogP contribution in [-0.4, -0.2) is 24.5 Å². The molecule has 0 fully saturated rings. The summed E-state index contributed by atoms with van der Waals surface area (Å²) < 4.78 is 3.76. The highest BCUT2D eigenvalue weighted by Crippen LogP contribution is 2.25. The fourth-order valence-electron chi connectivity index (χ4n) is 3.21. The highest BCUT2D eigenvalue weighted by molar-refractivity contribution is 5.91. The zero-order chi connectivity index (χ0) is 17.7. The van der Waals surface area contributed by atoms with Gasteiger partial charge in [-0.2, -0.15) is 5.10 Å². The smallest absolute Gasteiger partial charge is 0.183 e. The quantitative estimate of drug-likeness (QED) is 0.480. The molecule has 0 saturated carbocycles. The third-order valence-electron chi connectivity index (χ3n) is 4.61. The topological polar surface area (TPSA) is 48.5 Å². The fraction of sp³-hybridized carbons (Fsp3) is 0.0952. The van der Waals surface area contributed by atoms with Crippen molar-refractivity contribution in [2.45, 2.75) is 13.8 Å². The number of pyridine rings is 1. The van der Waals surface area contributed by atoms with Crippen molar-refractivity contribution in [3.05, 3.63) is 78.1 Å². The third kappa shape index (κ3) is 2.29. The highest BCUT2D eigenvalue weighted by atomic mass is 15.3. The summed E-state index contributed by atoms with van der Waals surface area (Å²) in [5, 5.41) is 11.4. The lowest BCUT2D eigenvalue weighted by Crippen LogP contribution is -1.98. The molecule has 2 aromatic carbocycles. The molecule has 0 atom stereocenters. The summed E-state index contributed by atoms with van der Waals surface area (Å²) in [6.45, 7) is 4.09. The van der Waals surface area contributed by atoms with E-state index in [-0.39, 0.29) is 0 Å². The van der Waals surface area contributed by atoms with Crippen LogP contribution in [0.5, 0.6) is 0 Å². The normalized spacial score (nSPS) is 11.5. The minimum atomic E-state index is 0.718. The van der Waals surface area contributed by atoms with Gasteiger partial charge in [0.25, 0.3) is 0 Å². The van der Waals surface area contributed by atoms with Crippen molar-refractivity contribution < 1.29 is 0 Å². The zero-order valence-electron chi connectivity index (χ0n) is 14.6. The Balaban J connectivity index is 1.72. The Morgan fingerprint density at radius 1 is 0.808 bits per heavy atom. The van der Waals surface area contributed by atoms with Crippen molar-refractivity contribution in [2.24, 2.45) is 0 Å². The van der Waals surface area contributed by atoms with Gasteiger partial charge < -0.3 is 0 Å². The Morgan fingerprint density at radius 2 is 1.58 bits per heavy atom. The summed E-state index contributed by atoms with van der Waals surface area (Å²) in [6.07, 6.45) is 2.02. The molecule has 0 amide bonds. The molecule has 5 aromatic rings. The number of para-hydroxylation sites is 1. The maximum atomic E-state index is 4.81. The van der Waals surface area contributed by atoms with Crippen molar-refractivity contribution in [2.75, 3.05) is 0 Å². The van der Waals surface area contributed by atoms with Crippen molar-refractivity contribution >= 4 is 22.1 Å². The Kier molecular flexibility index (Phi) is 3.15. The van der Waals surface area contributed by atoms with Crippen molar-refractivity contribution in [1.29, 1.82) is 0 Å². The van der Waals surface area contributed by atoms with Gasteiger partial charge in [-0.3, -0.25) is 0 Å². The second-order valence-corrected chi connectivity index (χ2v) is 6.51. The lowest BCUT2D eigenvalue weighted by Gasteiger charge is -2.01. The van der Waals surface area contributed by atoms with Crippen LogP contribution in [0.25, 0.3) is 33.4 Å². The van der Waals surface area contributed by atoms with Crippen LogP contribution in [0.4, 0.5) is 0 Å². The number of aryl methyl sites for hydroxylation is 2. The molecule has 5 heteroatoms. The molecule has 0 spiro atoms. The van der Waals surface area contributed by atoms with E-state index in [1.807, 2.05) is 52.8 Å². The minimum absolute atomic E-state index is 0.718. The Labute approximate surface area is 150 Å². The van der Waals surface area contributed by atoms with E-state index in [0.717, 1.165) is 39.1 Å². The SMILES string of the molecule is Cc1ccc(-n2cc3cc4c(C)nn(-c5ccccc5)c4nc3n2)cc1. The van der Waals surface area contributed by atoms with Gasteiger partial charge in [-0.1, -0.05) is 35.9 Å². The third-order valence-corrected chi connectivity index (χ3v) is 4.61. The molecule has 26 heavy (non-hydrogen) atoms. The molecule has 0 radical (unpaired) electrons. The second kappa shape index (κ2) is 5.52. The number of benzene rings is 2. The predicted molar refractivity (Wildman–Crippen MR) is 103 cm³/mol. The molecule has 0 aliphatic carbocycles. The van der Waals surface area contributed by atoms with Gasteiger partial charge in [-0.25, -0.2) is 14.3 Å². The Hall–Kier alpha value is -3.47. The minimum Gasteiger partial charge on any atom is -0.238 e. The van der Waals surface area contributed by atoms with E-state index < -0.39 is 0 Å². The van der Waals surface area contributed by atoms with Gasteiger partial charge in [-0.05, 0) is 44.2 Å². The standard InChI is InChI=1S/C21H17N5/c1-14-8-10-17(11-9-14)25-13-16-12-19-15(2)23-26(18-6-4-3-5-7-18)21(19)22-20(16)24-25/h3-13H,1-2H3. The van der Waals surface area contributed by atoms with Crippen molar-refractivity contribution in [1.82, 2.24) is 24.5 Å². The first-order chi connectivity index (χ1) is 12.7. The maximum absolute atomic E-state index is 4.81. The number of hydrogen-bond acceptors (Lipinski definition) is 3. The van der Waals surface area contributed by atoms with Crippen LogP contribution < -0.4 is 0 Å². The summed E-state index contributed by atoms with van der Waals surface area (Å²) in [4.78, 5) is 4.81. The molecule has 5 nitrogen and oxygen atoms in total. The van der Waals surface area contributed by atoms with Crippen LogP contribution in [0.1, 0.15) is 11.3 Å². The van der Waals surface area contributed by atoms with Crippen LogP contribution in [0.2, 0.25) is 0 Å². The molecule has 0 aliphatic heterocycles. The first-order valence-electron chi connectivity index (χ1n) is 8.57. The monoisotopic (exact) mass is 339 g/mol. The molecular formula is C21H17N5. The molecule has 5 rings (SSSR count). The van der Waals surface area contributed by atoms with Gasteiger partial charge in [0, 0.05) is 17.0 Å². The number of aromatic nitrogens is 5. The molecule has 0 unspecified atom stereocenters. The summed E-state index contributed by atoms with van der Waals surface area (Å²) >= 11 is 0. The van der Waals surface area contributed by atoms with Gasteiger partial charge in [0.05, 0.1) is 17.1 Å². The summed E-state index contributed by atoms with van der Waals surface area (Å²) in [6, 6.07) is 20.5. The molecule has 0 aliphatic rings. The largest absolute Gasteiger partial charge is 0.238 e. The number of rotatable bonds is 2.